The molecule has 0 aliphatic heterocycles. The number of hydrogen-bond donors (Lipinski definition) is 0. The second-order valence-electron chi connectivity index (χ2n) is 3.06. The average Bonchev–Trinajstić information content (AvgIpc) is 2.28. The van der Waals surface area contributed by atoms with Gasteiger partial charge in [-0.3, -0.25) is 14.6 Å². The molecule has 0 radical (unpaired) electrons. The number of carbonyl (C=O) groups is 3. The van der Waals surface area contributed by atoms with Crippen LogP contribution in [0.1, 0.15) is 22.6 Å². The highest BCUT2D eigenvalue weighted by Crippen LogP contribution is 2.00. The Morgan fingerprint density at radius 1 is 1.25 bits per heavy atom. The van der Waals surface area contributed by atoms with Gasteiger partial charge in [-0.15, -0.1) is 0 Å². The van der Waals surface area contributed by atoms with Crippen molar-refractivity contribution in [2.45, 2.75) is 13.3 Å². The van der Waals surface area contributed by atoms with Crippen molar-refractivity contribution in [1.29, 1.82) is 0 Å². The molecule has 0 atom stereocenters. The lowest BCUT2D eigenvalue weighted by Crippen LogP contribution is -2.19. The first kappa shape index (κ1) is 12.0. The van der Waals surface area contributed by atoms with Crippen LogP contribution in [0.4, 0.5) is 0 Å². The van der Waals surface area contributed by atoms with Crippen molar-refractivity contribution < 1.29 is 19.1 Å². The van der Waals surface area contributed by atoms with Crippen molar-refractivity contribution >= 4 is 17.5 Å². The van der Waals surface area contributed by atoms with Crippen molar-refractivity contribution in [3.05, 3.63) is 23.8 Å². The Labute approximate surface area is 91.7 Å². The van der Waals surface area contributed by atoms with Crippen LogP contribution in [0.2, 0.25) is 0 Å². The maximum Gasteiger partial charge on any atom is 0.374 e. The van der Waals surface area contributed by atoms with E-state index in [1.165, 1.54) is 12.4 Å². The van der Waals surface area contributed by atoms with Gasteiger partial charge < -0.3 is 4.74 Å². The second kappa shape index (κ2) is 5.11. The van der Waals surface area contributed by atoms with Crippen molar-refractivity contribution in [3.8, 4) is 0 Å². The van der Waals surface area contributed by atoms with E-state index in [-0.39, 0.29) is 5.69 Å². The Kier molecular flexibility index (Phi) is 3.82. The Bertz CT molecular complexity index is 425. The number of aromatic nitrogens is 2. The van der Waals surface area contributed by atoms with Crippen molar-refractivity contribution in [2.75, 3.05) is 7.11 Å². The summed E-state index contributed by atoms with van der Waals surface area (Å²) in [6.07, 6.45) is 2.13. The largest absolute Gasteiger partial charge is 0.463 e. The van der Waals surface area contributed by atoms with E-state index in [1.807, 2.05) is 0 Å². The molecule has 1 aromatic rings. The smallest absolute Gasteiger partial charge is 0.374 e. The molecule has 1 heterocycles. The molecule has 0 aliphatic carbocycles. The number of esters is 1. The minimum atomic E-state index is -1.03. The zero-order chi connectivity index (χ0) is 12.1. The molecule has 0 aromatic carbocycles. The van der Waals surface area contributed by atoms with Crippen LogP contribution in [0, 0.1) is 6.92 Å². The summed E-state index contributed by atoms with van der Waals surface area (Å²) in [5.74, 6) is -2.48. The van der Waals surface area contributed by atoms with Crippen LogP contribution < -0.4 is 0 Å². The number of nitrogens with zero attached hydrogens (tertiary/aromatic N) is 2. The minimum absolute atomic E-state index is 0.0582. The van der Waals surface area contributed by atoms with Crippen LogP contribution in [0.25, 0.3) is 0 Å². The summed E-state index contributed by atoms with van der Waals surface area (Å²) in [7, 11) is 1.08. The van der Waals surface area contributed by atoms with Crippen molar-refractivity contribution in [1.82, 2.24) is 9.97 Å². The summed E-state index contributed by atoms with van der Waals surface area (Å²) < 4.78 is 4.19. The molecule has 0 fully saturated rings. The lowest BCUT2D eigenvalue weighted by atomic mass is 10.1. The van der Waals surface area contributed by atoms with E-state index in [0.717, 1.165) is 7.11 Å². The fourth-order valence-electron chi connectivity index (χ4n) is 0.959. The van der Waals surface area contributed by atoms with E-state index in [0.29, 0.717) is 5.69 Å². The summed E-state index contributed by atoms with van der Waals surface area (Å²) in [6, 6.07) is 0. The van der Waals surface area contributed by atoms with E-state index in [9.17, 15) is 14.4 Å². The summed E-state index contributed by atoms with van der Waals surface area (Å²) in [5, 5.41) is 0. The number of hydrogen-bond acceptors (Lipinski definition) is 6. The first-order valence-corrected chi connectivity index (χ1v) is 4.47. The van der Waals surface area contributed by atoms with Crippen LogP contribution >= 0.6 is 0 Å². The van der Waals surface area contributed by atoms with Gasteiger partial charge in [-0.1, -0.05) is 0 Å². The summed E-state index contributed by atoms with van der Waals surface area (Å²) in [5.41, 5.74) is 0.721. The molecule has 0 spiro atoms. The van der Waals surface area contributed by atoms with E-state index in [1.54, 1.807) is 6.92 Å². The van der Waals surface area contributed by atoms with Gasteiger partial charge in [0, 0.05) is 6.20 Å². The summed E-state index contributed by atoms with van der Waals surface area (Å²) in [6.45, 7) is 1.72. The van der Waals surface area contributed by atoms with E-state index in [4.69, 9.17) is 0 Å². The van der Waals surface area contributed by atoms with Gasteiger partial charge >= 0.3 is 5.97 Å². The van der Waals surface area contributed by atoms with Gasteiger partial charge in [0.25, 0.3) is 0 Å². The Balaban J connectivity index is 2.69. The summed E-state index contributed by atoms with van der Waals surface area (Å²) in [4.78, 5) is 41.0. The molecule has 0 unspecified atom stereocenters. The van der Waals surface area contributed by atoms with Crippen LogP contribution in [0.3, 0.4) is 0 Å². The topological polar surface area (TPSA) is 86.2 Å². The fourth-order valence-corrected chi connectivity index (χ4v) is 0.959. The quantitative estimate of drug-likeness (QED) is 0.311. The lowest BCUT2D eigenvalue weighted by Gasteiger charge is -1.99. The lowest BCUT2D eigenvalue weighted by molar-refractivity contribution is -0.151. The molecule has 0 aliphatic rings. The molecule has 6 heteroatoms. The molecule has 0 saturated heterocycles. The number of ketones is 2. The van der Waals surface area contributed by atoms with Gasteiger partial charge in [0.05, 0.1) is 25.4 Å². The number of rotatable bonds is 4. The number of carbonyl (C=O) groups excluding carboxylic acids is 3. The van der Waals surface area contributed by atoms with E-state index in [2.05, 4.69) is 14.7 Å². The van der Waals surface area contributed by atoms with Gasteiger partial charge in [-0.25, -0.2) is 9.78 Å². The third-order valence-corrected chi connectivity index (χ3v) is 1.80. The van der Waals surface area contributed by atoms with Gasteiger partial charge in [0.2, 0.25) is 5.78 Å². The highest BCUT2D eigenvalue weighted by Gasteiger charge is 2.20. The van der Waals surface area contributed by atoms with Crippen LogP contribution in [-0.4, -0.2) is 34.6 Å². The van der Waals surface area contributed by atoms with Crippen LogP contribution in [0.15, 0.2) is 12.4 Å². The third-order valence-electron chi connectivity index (χ3n) is 1.80. The van der Waals surface area contributed by atoms with Gasteiger partial charge in [0.1, 0.15) is 5.69 Å². The number of methoxy groups -OCH3 is 1. The molecule has 1 aromatic heterocycles. The molecular weight excluding hydrogens is 212 g/mol. The van der Waals surface area contributed by atoms with Gasteiger partial charge in [0.15, 0.2) is 5.78 Å². The predicted molar refractivity (Wildman–Crippen MR) is 52.7 cm³/mol. The molecule has 1 rings (SSSR count). The SMILES string of the molecule is COC(=O)C(=O)CC(=O)c1cnc(C)cn1. The first-order chi connectivity index (χ1) is 7.54. The molecule has 0 amide bonds. The molecule has 0 N–H and O–H groups in total. The van der Waals surface area contributed by atoms with Crippen molar-refractivity contribution in [2.24, 2.45) is 0 Å². The van der Waals surface area contributed by atoms with Crippen molar-refractivity contribution in [3.63, 3.8) is 0 Å². The maximum absolute atomic E-state index is 11.5. The van der Waals surface area contributed by atoms with Crippen LogP contribution in [-0.2, 0) is 14.3 Å². The number of Topliss-reactive ketones (excluding diaryl/α,β-unsaturated/α-hetero) is 2. The fraction of sp³-hybridized carbons (Fsp3) is 0.300. The molecule has 0 saturated carbocycles. The van der Waals surface area contributed by atoms with E-state index >= 15 is 0 Å². The first-order valence-electron chi connectivity index (χ1n) is 4.47. The molecule has 16 heavy (non-hydrogen) atoms. The molecule has 0 bridgehead atoms. The molecule has 84 valence electrons. The number of ether oxygens (including phenoxy) is 1. The Morgan fingerprint density at radius 2 is 1.94 bits per heavy atom. The highest BCUT2D eigenvalue weighted by atomic mass is 16.5. The maximum atomic E-state index is 11.5. The normalized spacial score (nSPS) is 9.62. The minimum Gasteiger partial charge on any atom is -0.463 e. The monoisotopic (exact) mass is 222 g/mol. The summed E-state index contributed by atoms with van der Waals surface area (Å²) >= 11 is 0. The zero-order valence-electron chi connectivity index (χ0n) is 8.89. The van der Waals surface area contributed by atoms with E-state index < -0.39 is 24.0 Å². The van der Waals surface area contributed by atoms with Crippen LogP contribution in [0.5, 0.6) is 0 Å². The highest BCUT2D eigenvalue weighted by molar-refractivity contribution is 6.37. The average molecular weight is 222 g/mol. The molecule has 6 nitrogen and oxygen atoms in total. The zero-order valence-corrected chi connectivity index (χ0v) is 8.89. The van der Waals surface area contributed by atoms with Gasteiger partial charge in [-0.2, -0.15) is 0 Å². The Morgan fingerprint density at radius 3 is 2.44 bits per heavy atom. The second-order valence-corrected chi connectivity index (χ2v) is 3.06. The Hall–Kier alpha value is -2.11. The molecular formula is C10H10N2O4. The third kappa shape index (κ3) is 2.94. The standard InChI is InChI=1S/C10H10N2O4/c1-6-4-12-7(5-11-6)8(13)3-9(14)10(15)16-2/h4-5H,3H2,1-2H3. The number of aryl methyl sites for hydroxylation is 1. The van der Waals surface area contributed by atoms with Gasteiger partial charge in [-0.05, 0) is 6.92 Å². The predicted octanol–water partition coefficient (Wildman–Crippen LogP) is 0.0999.